The van der Waals surface area contributed by atoms with E-state index in [0.717, 1.165) is 5.56 Å². The average Bonchev–Trinajstić information content (AvgIpc) is 2.61. The maximum absolute atomic E-state index is 13.1. The lowest BCUT2D eigenvalue weighted by atomic mass is 10.2. The molecule has 0 radical (unpaired) electrons. The van der Waals surface area contributed by atoms with Crippen molar-refractivity contribution in [3.05, 3.63) is 89.0 Å². The quantitative estimate of drug-likeness (QED) is 0.674. The van der Waals surface area contributed by atoms with Gasteiger partial charge in [-0.3, -0.25) is 4.79 Å². The number of amides is 1. The fourth-order valence-electron chi connectivity index (χ4n) is 2.18. The van der Waals surface area contributed by atoms with Gasteiger partial charge in [0, 0.05) is 18.0 Å². The average molecular weight is 357 g/mol. The number of aromatic nitrogens is 1. The molecule has 1 aromatic heterocycles. The second kappa shape index (κ2) is 7.77. The third-order valence-corrected chi connectivity index (χ3v) is 3.60. The lowest BCUT2D eigenvalue weighted by molar-refractivity contribution is 0.102. The van der Waals surface area contributed by atoms with Gasteiger partial charge in [-0.2, -0.15) is 0 Å². The smallest absolute Gasteiger partial charge is 0.257 e. The van der Waals surface area contributed by atoms with Gasteiger partial charge in [0.05, 0.1) is 5.56 Å². The zero-order valence-corrected chi connectivity index (χ0v) is 13.8. The second-order valence-corrected chi connectivity index (χ2v) is 5.66. The first-order valence-electron chi connectivity index (χ1n) is 7.50. The van der Waals surface area contributed by atoms with Crippen LogP contribution in [0, 0.1) is 5.82 Å². The van der Waals surface area contributed by atoms with Crippen LogP contribution in [0.3, 0.4) is 0 Å². The minimum Gasteiger partial charge on any atom is -0.489 e. The molecule has 0 aliphatic rings. The van der Waals surface area contributed by atoms with Gasteiger partial charge in [-0.05, 0) is 42.0 Å². The fraction of sp³-hybridized carbons (Fsp3) is 0.0526. The van der Waals surface area contributed by atoms with Crippen molar-refractivity contribution in [3.8, 4) is 5.75 Å². The summed E-state index contributed by atoms with van der Waals surface area (Å²) in [5, 5.41) is 3.11. The molecule has 4 nitrogen and oxygen atoms in total. The van der Waals surface area contributed by atoms with Gasteiger partial charge in [0.2, 0.25) is 0 Å². The van der Waals surface area contributed by atoms with Gasteiger partial charge in [-0.15, -0.1) is 0 Å². The highest BCUT2D eigenvalue weighted by molar-refractivity contribution is 6.29. The Labute approximate surface area is 149 Å². The van der Waals surface area contributed by atoms with Crippen LogP contribution in [0.25, 0.3) is 0 Å². The topological polar surface area (TPSA) is 51.2 Å². The molecule has 3 rings (SSSR count). The van der Waals surface area contributed by atoms with Crippen molar-refractivity contribution in [2.45, 2.75) is 6.61 Å². The van der Waals surface area contributed by atoms with Crippen LogP contribution in [0.1, 0.15) is 15.9 Å². The third kappa shape index (κ3) is 4.78. The fourth-order valence-corrected chi connectivity index (χ4v) is 2.29. The van der Waals surface area contributed by atoms with Crippen molar-refractivity contribution < 1.29 is 13.9 Å². The van der Waals surface area contributed by atoms with Gasteiger partial charge in [0.1, 0.15) is 23.3 Å². The molecular formula is C19H14ClFN2O2. The predicted octanol–water partition coefficient (Wildman–Crippen LogP) is 4.71. The maximum atomic E-state index is 13.1. The van der Waals surface area contributed by atoms with Crippen LogP contribution >= 0.6 is 11.6 Å². The zero-order valence-electron chi connectivity index (χ0n) is 13.1. The van der Waals surface area contributed by atoms with E-state index in [9.17, 15) is 9.18 Å². The lowest BCUT2D eigenvalue weighted by Gasteiger charge is -2.09. The van der Waals surface area contributed by atoms with Crippen molar-refractivity contribution in [2.75, 3.05) is 5.32 Å². The highest BCUT2D eigenvalue weighted by Gasteiger charge is 2.07. The summed E-state index contributed by atoms with van der Waals surface area (Å²) in [5.41, 5.74) is 1.88. The number of ether oxygens (including phenoxy) is 1. The molecule has 0 atom stereocenters. The number of pyridine rings is 1. The highest BCUT2D eigenvalue weighted by atomic mass is 35.5. The molecule has 0 aliphatic heterocycles. The zero-order chi connectivity index (χ0) is 17.6. The molecule has 3 aromatic rings. The second-order valence-electron chi connectivity index (χ2n) is 5.27. The number of carbonyl (C=O) groups is 1. The molecule has 0 bridgehead atoms. The summed E-state index contributed by atoms with van der Waals surface area (Å²) in [6, 6.07) is 16.3. The summed E-state index contributed by atoms with van der Waals surface area (Å²) in [7, 11) is 0. The van der Waals surface area contributed by atoms with E-state index in [2.05, 4.69) is 10.3 Å². The Hall–Kier alpha value is -2.92. The van der Waals surface area contributed by atoms with Crippen LogP contribution in [-0.4, -0.2) is 10.9 Å². The van der Waals surface area contributed by atoms with Crippen molar-refractivity contribution in [2.24, 2.45) is 0 Å². The molecule has 1 amide bonds. The molecule has 1 N–H and O–H groups in total. The number of carbonyl (C=O) groups excluding carboxylic acids is 1. The van der Waals surface area contributed by atoms with Crippen LogP contribution in [0.15, 0.2) is 66.9 Å². The van der Waals surface area contributed by atoms with E-state index >= 15 is 0 Å². The molecule has 1 heterocycles. The largest absolute Gasteiger partial charge is 0.489 e. The van der Waals surface area contributed by atoms with Gasteiger partial charge in [0.25, 0.3) is 5.91 Å². The Morgan fingerprint density at radius 2 is 1.96 bits per heavy atom. The van der Waals surface area contributed by atoms with Crippen LogP contribution in [-0.2, 0) is 6.61 Å². The summed E-state index contributed by atoms with van der Waals surface area (Å²) < 4.78 is 18.7. The number of nitrogens with one attached hydrogen (secondary N) is 1. The number of hydrogen-bond donors (Lipinski definition) is 1. The summed E-state index contributed by atoms with van der Waals surface area (Å²) >= 11 is 5.71. The maximum Gasteiger partial charge on any atom is 0.257 e. The molecule has 2 aromatic carbocycles. The summed E-state index contributed by atoms with van der Waals surface area (Å²) in [6.07, 6.45) is 1.41. The Balaban J connectivity index is 1.64. The van der Waals surface area contributed by atoms with Gasteiger partial charge < -0.3 is 10.1 Å². The van der Waals surface area contributed by atoms with Crippen molar-refractivity contribution in [3.63, 3.8) is 0 Å². The van der Waals surface area contributed by atoms with Crippen molar-refractivity contribution in [1.29, 1.82) is 0 Å². The highest BCUT2D eigenvalue weighted by Crippen LogP contribution is 2.17. The third-order valence-electron chi connectivity index (χ3n) is 3.38. The number of rotatable bonds is 5. The molecule has 0 fully saturated rings. The Kier molecular flexibility index (Phi) is 5.26. The Morgan fingerprint density at radius 3 is 2.72 bits per heavy atom. The van der Waals surface area contributed by atoms with E-state index < -0.39 is 0 Å². The minimum absolute atomic E-state index is 0.260. The van der Waals surface area contributed by atoms with Crippen molar-refractivity contribution in [1.82, 2.24) is 4.98 Å². The number of anilines is 1. The van der Waals surface area contributed by atoms with E-state index in [1.165, 1.54) is 18.3 Å². The van der Waals surface area contributed by atoms with E-state index in [1.807, 2.05) is 6.07 Å². The van der Waals surface area contributed by atoms with Crippen LogP contribution in [0.4, 0.5) is 10.1 Å². The SMILES string of the molecule is O=C(Nc1cccc(COc2cccc(F)c2)c1)c1ccc(Cl)nc1. The summed E-state index contributed by atoms with van der Waals surface area (Å²) in [6.45, 7) is 0.260. The number of benzene rings is 2. The predicted molar refractivity (Wildman–Crippen MR) is 94.4 cm³/mol. The van der Waals surface area contributed by atoms with Gasteiger partial charge >= 0.3 is 0 Å². The van der Waals surface area contributed by atoms with E-state index in [1.54, 1.807) is 42.5 Å². The first-order chi connectivity index (χ1) is 12.1. The molecule has 6 heteroatoms. The Morgan fingerprint density at radius 1 is 1.12 bits per heavy atom. The molecule has 0 unspecified atom stereocenters. The monoisotopic (exact) mass is 356 g/mol. The van der Waals surface area contributed by atoms with Crippen LogP contribution in [0.2, 0.25) is 5.15 Å². The molecule has 0 spiro atoms. The molecule has 25 heavy (non-hydrogen) atoms. The first-order valence-corrected chi connectivity index (χ1v) is 7.88. The van der Waals surface area contributed by atoms with Gasteiger partial charge in [0.15, 0.2) is 0 Å². The summed E-state index contributed by atoms with van der Waals surface area (Å²) in [5.74, 6) is -0.191. The standard InChI is InChI=1S/C19H14ClFN2O2/c20-18-8-7-14(11-22-18)19(24)23-16-5-1-3-13(9-16)12-25-17-6-2-4-15(21)10-17/h1-11H,12H2,(H,23,24). The van der Waals surface area contributed by atoms with E-state index in [4.69, 9.17) is 16.3 Å². The minimum atomic E-state index is -0.352. The van der Waals surface area contributed by atoms with Gasteiger partial charge in [-0.25, -0.2) is 9.37 Å². The molecule has 0 saturated heterocycles. The lowest BCUT2D eigenvalue weighted by Crippen LogP contribution is -2.12. The molecule has 0 aliphatic carbocycles. The molecule has 0 saturated carbocycles. The van der Waals surface area contributed by atoms with Crippen molar-refractivity contribution >= 4 is 23.2 Å². The van der Waals surface area contributed by atoms with Crippen LogP contribution < -0.4 is 10.1 Å². The van der Waals surface area contributed by atoms with E-state index in [0.29, 0.717) is 22.2 Å². The molecule has 126 valence electrons. The first kappa shape index (κ1) is 16.9. The molecular weight excluding hydrogens is 343 g/mol. The van der Waals surface area contributed by atoms with E-state index in [-0.39, 0.29) is 18.3 Å². The normalized spacial score (nSPS) is 10.3. The summed E-state index contributed by atoms with van der Waals surface area (Å²) in [4.78, 5) is 16.1. The van der Waals surface area contributed by atoms with Crippen LogP contribution in [0.5, 0.6) is 5.75 Å². The van der Waals surface area contributed by atoms with Gasteiger partial charge in [-0.1, -0.05) is 29.8 Å². The number of nitrogens with zero attached hydrogens (tertiary/aromatic N) is 1. The number of hydrogen-bond acceptors (Lipinski definition) is 3. The Bertz CT molecular complexity index is 885. The number of halogens is 2.